The zero-order chi connectivity index (χ0) is 23.6. The van der Waals surface area contributed by atoms with Crippen molar-refractivity contribution in [1.82, 2.24) is 0 Å². The van der Waals surface area contributed by atoms with Crippen molar-refractivity contribution in [1.29, 1.82) is 0 Å². The third-order valence-corrected chi connectivity index (χ3v) is 6.89. The van der Waals surface area contributed by atoms with Gasteiger partial charge in [0.2, 0.25) is 0 Å². The number of unbranched alkanes of at least 4 members (excludes halogenated alkanes) is 3. The van der Waals surface area contributed by atoms with Gasteiger partial charge in [0.1, 0.15) is 5.82 Å². The lowest BCUT2D eigenvalue weighted by Crippen LogP contribution is -2.13. The lowest BCUT2D eigenvalue weighted by molar-refractivity contribution is 0.303. The molecule has 33 heavy (non-hydrogen) atoms. The second kappa shape index (κ2) is 12.8. The van der Waals surface area contributed by atoms with E-state index in [0.717, 1.165) is 31.6 Å². The van der Waals surface area contributed by atoms with Gasteiger partial charge in [-0.15, -0.1) is 0 Å². The largest absolute Gasteiger partial charge is 0.206 e. The van der Waals surface area contributed by atoms with Crippen LogP contribution in [0, 0.1) is 11.7 Å². The predicted octanol–water partition coefficient (Wildman–Crippen LogP) is 10.3. The monoisotopic (exact) mass is 454 g/mol. The predicted molar refractivity (Wildman–Crippen MR) is 135 cm³/mol. The molecule has 2 aromatic rings. The Balaban J connectivity index is 1.65. The number of halogens is 3. The number of allylic oxidation sites excluding steroid dienone is 1. The van der Waals surface area contributed by atoms with E-state index in [4.69, 9.17) is 0 Å². The van der Waals surface area contributed by atoms with E-state index < -0.39 is 17.5 Å². The first-order valence-electron chi connectivity index (χ1n) is 12.7. The van der Waals surface area contributed by atoms with Crippen LogP contribution in [0.15, 0.2) is 48.5 Å². The number of rotatable bonds is 10. The Morgan fingerprint density at radius 3 is 2.24 bits per heavy atom. The summed E-state index contributed by atoms with van der Waals surface area (Å²) in [7, 11) is 0. The van der Waals surface area contributed by atoms with Crippen molar-refractivity contribution in [3.8, 4) is 0 Å². The molecule has 0 radical (unpaired) electrons. The highest BCUT2D eigenvalue weighted by Gasteiger charge is 2.22. The van der Waals surface area contributed by atoms with Gasteiger partial charge < -0.3 is 0 Å². The summed E-state index contributed by atoms with van der Waals surface area (Å²) >= 11 is 0. The molecule has 0 atom stereocenters. The Morgan fingerprint density at radius 1 is 0.879 bits per heavy atom. The molecule has 2 aromatic carbocycles. The highest BCUT2D eigenvalue weighted by atomic mass is 19.2. The van der Waals surface area contributed by atoms with E-state index in [1.807, 2.05) is 18.2 Å². The lowest BCUT2D eigenvalue weighted by Gasteiger charge is -2.29. The second-order valence-electron chi connectivity index (χ2n) is 9.39. The van der Waals surface area contributed by atoms with E-state index in [2.05, 4.69) is 13.8 Å². The summed E-state index contributed by atoms with van der Waals surface area (Å²) in [4.78, 5) is 0. The van der Waals surface area contributed by atoms with Crippen LogP contribution in [0.2, 0.25) is 0 Å². The fraction of sp³-hybridized carbons (Fsp3) is 0.467. The third kappa shape index (κ3) is 7.09. The molecule has 1 aliphatic carbocycles. The fourth-order valence-corrected chi connectivity index (χ4v) is 4.81. The summed E-state index contributed by atoms with van der Waals surface area (Å²) in [6.07, 6.45) is 15.7. The molecular weight excluding hydrogens is 417 g/mol. The minimum Gasteiger partial charge on any atom is -0.206 e. The molecule has 3 heteroatoms. The van der Waals surface area contributed by atoms with Crippen LogP contribution in [0.1, 0.15) is 106 Å². The van der Waals surface area contributed by atoms with Gasteiger partial charge in [-0.05, 0) is 67.2 Å². The van der Waals surface area contributed by atoms with Gasteiger partial charge in [0.25, 0.3) is 0 Å². The Kier molecular flexibility index (Phi) is 9.84. The minimum atomic E-state index is -1.16. The van der Waals surface area contributed by atoms with Gasteiger partial charge in [-0.25, -0.2) is 13.2 Å². The van der Waals surface area contributed by atoms with E-state index >= 15 is 0 Å². The second-order valence-corrected chi connectivity index (χ2v) is 9.39. The van der Waals surface area contributed by atoms with Crippen LogP contribution < -0.4 is 0 Å². The summed E-state index contributed by atoms with van der Waals surface area (Å²) in [5.74, 6) is -1.60. The van der Waals surface area contributed by atoms with Crippen molar-refractivity contribution in [3.63, 3.8) is 0 Å². The van der Waals surface area contributed by atoms with Gasteiger partial charge in [0.15, 0.2) is 11.7 Å². The molecule has 0 unspecified atom stereocenters. The Bertz CT molecular complexity index is 932. The maximum absolute atomic E-state index is 14.8. The van der Waals surface area contributed by atoms with E-state index in [1.165, 1.54) is 56.2 Å². The Hall–Kier alpha value is -2.29. The molecule has 0 amide bonds. The van der Waals surface area contributed by atoms with Crippen LogP contribution in [-0.4, -0.2) is 0 Å². The van der Waals surface area contributed by atoms with Crippen LogP contribution in [-0.2, 0) is 0 Å². The van der Waals surface area contributed by atoms with Gasteiger partial charge in [-0.1, -0.05) is 88.4 Å². The van der Waals surface area contributed by atoms with E-state index in [1.54, 1.807) is 24.3 Å². The Labute approximate surface area is 197 Å². The van der Waals surface area contributed by atoms with Crippen molar-refractivity contribution in [2.75, 3.05) is 0 Å². The van der Waals surface area contributed by atoms with Crippen LogP contribution in [0.5, 0.6) is 0 Å². The Morgan fingerprint density at radius 2 is 1.61 bits per heavy atom. The first-order valence-corrected chi connectivity index (χ1v) is 12.7. The van der Waals surface area contributed by atoms with E-state index in [0.29, 0.717) is 11.5 Å². The van der Waals surface area contributed by atoms with Crippen LogP contribution >= 0.6 is 0 Å². The summed E-state index contributed by atoms with van der Waals surface area (Å²) in [6.45, 7) is 4.30. The molecule has 3 rings (SSSR count). The third-order valence-electron chi connectivity index (χ3n) is 6.89. The number of benzene rings is 2. The quantitative estimate of drug-likeness (QED) is 0.247. The zero-order valence-electron chi connectivity index (χ0n) is 20.1. The molecule has 1 saturated carbocycles. The minimum absolute atomic E-state index is 0.149. The van der Waals surface area contributed by atoms with Gasteiger partial charge >= 0.3 is 0 Å². The van der Waals surface area contributed by atoms with E-state index in [9.17, 15) is 13.2 Å². The van der Waals surface area contributed by atoms with Crippen LogP contribution in [0.4, 0.5) is 13.2 Å². The zero-order valence-corrected chi connectivity index (χ0v) is 20.1. The molecule has 0 N–H and O–H groups in total. The molecule has 0 aromatic heterocycles. The van der Waals surface area contributed by atoms with Gasteiger partial charge in [-0.3, -0.25) is 0 Å². The highest BCUT2D eigenvalue weighted by Crippen LogP contribution is 2.38. The van der Waals surface area contributed by atoms with Crippen LogP contribution in [0.25, 0.3) is 17.7 Å². The maximum Gasteiger partial charge on any atom is 0.169 e. The first-order chi connectivity index (χ1) is 16.0. The SMILES string of the molecule is CCC/C=C/c1ccc(/C(F)=C(/F)c2ccc(C3CCC(CCCCC)CC3)cc2)c(F)c1. The molecule has 0 nitrogen and oxygen atoms in total. The molecule has 1 aliphatic rings. The van der Waals surface area contributed by atoms with Gasteiger partial charge in [0.05, 0.1) is 0 Å². The molecule has 0 aliphatic heterocycles. The molecule has 0 bridgehead atoms. The summed E-state index contributed by atoms with van der Waals surface area (Å²) in [5.41, 5.74) is 1.64. The van der Waals surface area contributed by atoms with E-state index in [-0.39, 0.29) is 11.1 Å². The van der Waals surface area contributed by atoms with Crippen molar-refractivity contribution in [2.24, 2.45) is 5.92 Å². The van der Waals surface area contributed by atoms with Crippen molar-refractivity contribution >= 4 is 17.7 Å². The summed E-state index contributed by atoms with van der Waals surface area (Å²) < 4.78 is 44.1. The molecular formula is C30H37F3. The average Bonchev–Trinajstić information content (AvgIpc) is 2.84. The summed E-state index contributed by atoms with van der Waals surface area (Å²) in [5, 5.41) is 0. The highest BCUT2D eigenvalue weighted by molar-refractivity contribution is 5.83. The van der Waals surface area contributed by atoms with Crippen molar-refractivity contribution < 1.29 is 13.2 Å². The standard InChI is InChI=1S/C30H37F3/c1-3-5-7-9-22-11-14-24(15-12-22)25-16-18-26(19-17-25)29(32)30(33)27-20-13-23(21-28(27)31)10-8-6-4-2/h8,10,13,16-22,24H,3-7,9,11-12,14-15H2,1-2H3/b10-8+,30-29-. The molecule has 0 heterocycles. The van der Waals surface area contributed by atoms with Crippen LogP contribution in [0.3, 0.4) is 0 Å². The molecule has 0 saturated heterocycles. The van der Waals surface area contributed by atoms with Gasteiger partial charge in [0, 0.05) is 11.1 Å². The smallest absolute Gasteiger partial charge is 0.169 e. The van der Waals surface area contributed by atoms with Crippen molar-refractivity contribution in [3.05, 3.63) is 76.6 Å². The average molecular weight is 455 g/mol. The molecule has 0 spiro atoms. The maximum atomic E-state index is 14.8. The number of hydrogen-bond donors (Lipinski definition) is 0. The van der Waals surface area contributed by atoms with Gasteiger partial charge in [-0.2, -0.15) is 0 Å². The normalized spacial score (nSPS) is 19.7. The molecule has 1 fully saturated rings. The first kappa shape index (κ1) is 25.3. The lowest BCUT2D eigenvalue weighted by atomic mass is 9.77. The molecule has 178 valence electrons. The summed E-state index contributed by atoms with van der Waals surface area (Å²) in [6, 6.07) is 11.2. The van der Waals surface area contributed by atoms with Crippen molar-refractivity contribution in [2.45, 2.75) is 84.0 Å². The topological polar surface area (TPSA) is 0 Å². The number of hydrogen-bond acceptors (Lipinski definition) is 0. The fourth-order valence-electron chi connectivity index (χ4n) is 4.81.